The second-order valence-electron chi connectivity index (χ2n) is 2.88. The van der Waals surface area contributed by atoms with Crippen molar-refractivity contribution in [1.29, 1.82) is 0 Å². The summed E-state index contributed by atoms with van der Waals surface area (Å²) in [7, 11) is 0. The van der Waals surface area contributed by atoms with E-state index in [0.29, 0.717) is 12.3 Å². The average molecular weight is 179 g/mol. The predicted octanol–water partition coefficient (Wildman–Crippen LogP) is 1.46. The Morgan fingerprint density at radius 2 is 2.38 bits per heavy atom. The van der Waals surface area contributed by atoms with Gasteiger partial charge in [0.15, 0.2) is 6.73 Å². The third-order valence-corrected chi connectivity index (χ3v) is 2.13. The number of benzene rings is 1. The van der Waals surface area contributed by atoms with Gasteiger partial charge in [-0.3, -0.25) is 0 Å². The Morgan fingerprint density at radius 1 is 1.62 bits per heavy atom. The molecule has 2 rings (SSSR count). The number of fused-ring (bicyclic) bond motifs is 1. The van der Waals surface area contributed by atoms with Gasteiger partial charge in [0.25, 0.3) is 0 Å². The molecule has 0 unspecified atom stereocenters. The monoisotopic (exact) mass is 179 g/mol. The minimum Gasteiger partial charge on any atom is -0.478 e. The van der Waals surface area contributed by atoms with Crippen molar-refractivity contribution < 1.29 is 14.6 Å². The van der Waals surface area contributed by atoms with Crippen LogP contribution in [0.4, 0.5) is 5.69 Å². The number of carboxylic acids is 1. The Balaban J connectivity index is 2.59. The molecule has 2 N–H and O–H groups in total. The zero-order chi connectivity index (χ0) is 9.42. The lowest BCUT2D eigenvalue weighted by molar-refractivity contribution is 0.0696. The van der Waals surface area contributed by atoms with Crippen molar-refractivity contribution in [2.75, 3.05) is 12.0 Å². The zero-order valence-electron chi connectivity index (χ0n) is 7.13. The van der Waals surface area contributed by atoms with E-state index in [4.69, 9.17) is 9.84 Å². The second kappa shape index (κ2) is 2.65. The Kier molecular flexibility index (Phi) is 1.62. The van der Waals surface area contributed by atoms with Crippen LogP contribution in [0.3, 0.4) is 0 Å². The highest BCUT2D eigenvalue weighted by Gasteiger charge is 2.18. The summed E-state index contributed by atoms with van der Waals surface area (Å²) in [5.41, 5.74) is 1.83. The molecule has 0 saturated carbocycles. The lowest BCUT2D eigenvalue weighted by atomic mass is 10.1. The van der Waals surface area contributed by atoms with Crippen molar-refractivity contribution in [1.82, 2.24) is 0 Å². The number of hydrogen-bond donors (Lipinski definition) is 2. The van der Waals surface area contributed by atoms with Gasteiger partial charge in [-0.2, -0.15) is 0 Å². The fourth-order valence-corrected chi connectivity index (χ4v) is 1.44. The smallest absolute Gasteiger partial charge is 0.336 e. The maximum atomic E-state index is 10.8. The molecule has 0 aliphatic carbocycles. The predicted molar refractivity (Wildman–Crippen MR) is 47.3 cm³/mol. The van der Waals surface area contributed by atoms with Crippen LogP contribution in [0.1, 0.15) is 15.9 Å². The van der Waals surface area contributed by atoms with Crippen LogP contribution in [0, 0.1) is 6.92 Å². The fraction of sp³-hybridized carbons (Fsp3) is 0.222. The molecule has 0 saturated heterocycles. The van der Waals surface area contributed by atoms with Crippen LogP contribution in [0.25, 0.3) is 0 Å². The standard InChI is InChI=1S/C9H9NO3/c1-5-6(9(11)12)2-3-7-8(5)10-4-13-7/h2-3,10H,4H2,1H3,(H,11,12). The molecule has 68 valence electrons. The van der Waals surface area contributed by atoms with Gasteiger partial charge >= 0.3 is 5.97 Å². The highest BCUT2D eigenvalue weighted by molar-refractivity contribution is 5.92. The Labute approximate surface area is 75.1 Å². The van der Waals surface area contributed by atoms with E-state index in [1.165, 1.54) is 0 Å². The van der Waals surface area contributed by atoms with E-state index in [2.05, 4.69) is 5.32 Å². The van der Waals surface area contributed by atoms with Gasteiger partial charge in [-0.15, -0.1) is 0 Å². The van der Waals surface area contributed by atoms with Crippen LogP contribution in [-0.4, -0.2) is 17.8 Å². The Morgan fingerprint density at radius 3 is 3.08 bits per heavy atom. The van der Waals surface area contributed by atoms with Crippen LogP contribution in [0.5, 0.6) is 5.75 Å². The molecule has 0 amide bonds. The van der Waals surface area contributed by atoms with E-state index >= 15 is 0 Å². The molecule has 0 fully saturated rings. The van der Waals surface area contributed by atoms with E-state index in [-0.39, 0.29) is 0 Å². The van der Waals surface area contributed by atoms with Crippen molar-refractivity contribution in [2.45, 2.75) is 6.92 Å². The highest BCUT2D eigenvalue weighted by Crippen LogP contribution is 2.33. The Hall–Kier alpha value is -1.71. The molecule has 0 atom stereocenters. The molecule has 1 aromatic rings. The van der Waals surface area contributed by atoms with Gasteiger partial charge in [0.1, 0.15) is 5.75 Å². The van der Waals surface area contributed by atoms with Gasteiger partial charge in [-0.25, -0.2) is 4.79 Å². The van der Waals surface area contributed by atoms with Crippen LogP contribution in [0.2, 0.25) is 0 Å². The maximum absolute atomic E-state index is 10.8. The van der Waals surface area contributed by atoms with Crippen molar-refractivity contribution in [3.63, 3.8) is 0 Å². The number of rotatable bonds is 1. The number of hydrogen-bond acceptors (Lipinski definition) is 3. The van der Waals surface area contributed by atoms with Gasteiger partial charge in [0.05, 0.1) is 11.3 Å². The molecule has 13 heavy (non-hydrogen) atoms. The normalized spacial score (nSPS) is 13.0. The second-order valence-corrected chi connectivity index (χ2v) is 2.88. The molecule has 0 aromatic heterocycles. The van der Waals surface area contributed by atoms with Crippen LogP contribution in [-0.2, 0) is 0 Å². The molecule has 0 bridgehead atoms. The van der Waals surface area contributed by atoms with Crippen molar-refractivity contribution in [3.05, 3.63) is 23.3 Å². The summed E-state index contributed by atoms with van der Waals surface area (Å²) in [6.07, 6.45) is 0. The summed E-state index contributed by atoms with van der Waals surface area (Å²) in [6.45, 7) is 2.18. The van der Waals surface area contributed by atoms with E-state index in [0.717, 1.165) is 17.0 Å². The van der Waals surface area contributed by atoms with Crippen molar-refractivity contribution >= 4 is 11.7 Å². The van der Waals surface area contributed by atoms with Crippen LogP contribution in [0.15, 0.2) is 12.1 Å². The number of ether oxygens (including phenoxy) is 1. The minimum absolute atomic E-state index is 0.316. The number of aromatic carboxylic acids is 1. The van der Waals surface area contributed by atoms with Gasteiger partial charge in [-0.05, 0) is 24.6 Å². The SMILES string of the molecule is Cc1c(C(=O)O)ccc2c1NCO2. The third-order valence-electron chi connectivity index (χ3n) is 2.13. The largest absolute Gasteiger partial charge is 0.478 e. The van der Waals surface area contributed by atoms with Crippen LogP contribution < -0.4 is 10.1 Å². The summed E-state index contributed by atoms with van der Waals surface area (Å²) >= 11 is 0. The van der Waals surface area contributed by atoms with E-state index < -0.39 is 5.97 Å². The molecule has 1 aromatic carbocycles. The molecular weight excluding hydrogens is 170 g/mol. The van der Waals surface area contributed by atoms with Crippen LogP contribution >= 0.6 is 0 Å². The van der Waals surface area contributed by atoms with E-state index in [9.17, 15) is 4.79 Å². The topological polar surface area (TPSA) is 58.6 Å². The van der Waals surface area contributed by atoms with Gasteiger partial charge < -0.3 is 15.2 Å². The fourth-order valence-electron chi connectivity index (χ4n) is 1.44. The highest BCUT2D eigenvalue weighted by atomic mass is 16.5. The minimum atomic E-state index is -0.908. The first-order valence-electron chi connectivity index (χ1n) is 3.93. The molecule has 4 nitrogen and oxygen atoms in total. The molecule has 1 aliphatic rings. The number of nitrogens with one attached hydrogen (secondary N) is 1. The number of carboxylic acid groups (broad SMARTS) is 1. The summed E-state index contributed by atoms with van der Waals surface area (Å²) < 4.78 is 5.21. The quantitative estimate of drug-likeness (QED) is 0.685. The van der Waals surface area contributed by atoms with Crippen molar-refractivity contribution in [3.8, 4) is 5.75 Å². The first-order valence-corrected chi connectivity index (χ1v) is 3.93. The molecular formula is C9H9NO3. The van der Waals surface area contributed by atoms with Gasteiger partial charge in [0.2, 0.25) is 0 Å². The molecule has 1 aliphatic heterocycles. The van der Waals surface area contributed by atoms with E-state index in [1.54, 1.807) is 19.1 Å². The molecule has 4 heteroatoms. The first-order chi connectivity index (χ1) is 6.20. The maximum Gasteiger partial charge on any atom is 0.336 e. The molecule has 1 heterocycles. The molecule has 0 radical (unpaired) electrons. The Bertz CT molecular complexity index is 373. The average Bonchev–Trinajstić information content (AvgIpc) is 2.52. The lowest BCUT2D eigenvalue weighted by Gasteiger charge is -2.04. The third kappa shape index (κ3) is 1.11. The summed E-state index contributed by atoms with van der Waals surface area (Å²) in [6, 6.07) is 3.23. The number of anilines is 1. The molecule has 0 spiro atoms. The summed E-state index contributed by atoms with van der Waals surface area (Å²) in [4.78, 5) is 10.8. The van der Waals surface area contributed by atoms with Gasteiger partial charge in [-0.1, -0.05) is 0 Å². The summed E-state index contributed by atoms with van der Waals surface area (Å²) in [5, 5.41) is 11.8. The number of carbonyl (C=O) groups is 1. The zero-order valence-corrected chi connectivity index (χ0v) is 7.13. The lowest BCUT2D eigenvalue weighted by Crippen LogP contribution is -2.01. The van der Waals surface area contributed by atoms with Crippen molar-refractivity contribution in [2.24, 2.45) is 0 Å². The van der Waals surface area contributed by atoms with E-state index in [1.807, 2.05) is 0 Å². The first kappa shape index (κ1) is 7.91. The van der Waals surface area contributed by atoms with Gasteiger partial charge in [0, 0.05) is 0 Å². The summed E-state index contributed by atoms with van der Waals surface area (Å²) in [5.74, 6) is -0.184.